The summed E-state index contributed by atoms with van der Waals surface area (Å²) in [5, 5.41) is 0.584. The van der Waals surface area contributed by atoms with Gasteiger partial charge in [0, 0.05) is 11.2 Å². The number of esters is 1. The van der Waals surface area contributed by atoms with Gasteiger partial charge >= 0.3 is 5.97 Å². The van der Waals surface area contributed by atoms with Crippen molar-refractivity contribution in [1.82, 2.24) is 4.57 Å². The fourth-order valence-corrected chi connectivity index (χ4v) is 2.46. The van der Waals surface area contributed by atoms with E-state index in [-0.39, 0.29) is 18.4 Å². The summed E-state index contributed by atoms with van der Waals surface area (Å²) in [6.45, 7) is 2.09. The second kappa shape index (κ2) is 7.09. The minimum absolute atomic E-state index is 0.143. The van der Waals surface area contributed by atoms with Crippen LogP contribution in [0, 0.1) is 0 Å². The lowest BCUT2D eigenvalue weighted by molar-refractivity contribution is -0.143. The maximum Gasteiger partial charge on any atom is 0.308 e. The topological polar surface area (TPSA) is 48.3 Å². The zero-order chi connectivity index (χ0) is 15.2. The molecular formula is C16H16ClNO3. The third-order valence-electron chi connectivity index (χ3n) is 3.17. The molecule has 1 aromatic carbocycles. The van der Waals surface area contributed by atoms with Crippen LogP contribution < -0.4 is 0 Å². The van der Waals surface area contributed by atoms with Gasteiger partial charge in [0.15, 0.2) is 6.29 Å². The van der Waals surface area contributed by atoms with E-state index in [4.69, 9.17) is 16.3 Å². The Hall–Kier alpha value is -2.07. The zero-order valence-corrected chi connectivity index (χ0v) is 12.4. The van der Waals surface area contributed by atoms with Gasteiger partial charge in [-0.3, -0.25) is 9.59 Å². The molecule has 0 radical (unpaired) electrons. The van der Waals surface area contributed by atoms with Crippen LogP contribution in [0.4, 0.5) is 0 Å². The van der Waals surface area contributed by atoms with Gasteiger partial charge in [0.2, 0.25) is 0 Å². The molecule has 5 heteroatoms. The van der Waals surface area contributed by atoms with Crippen molar-refractivity contribution in [2.24, 2.45) is 0 Å². The van der Waals surface area contributed by atoms with Crippen molar-refractivity contribution in [2.45, 2.75) is 19.4 Å². The second-order valence-electron chi connectivity index (χ2n) is 4.54. The average Bonchev–Trinajstić information content (AvgIpc) is 2.93. The van der Waals surface area contributed by atoms with Crippen molar-refractivity contribution >= 4 is 23.9 Å². The van der Waals surface area contributed by atoms with Gasteiger partial charge in [-0.1, -0.05) is 23.7 Å². The van der Waals surface area contributed by atoms with E-state index in [1.807, 2.05) is 12.1 Å². The molecular weight excluding hydrogens is 290 g/mol. The Bertz CT molecular complexity index is 636. The van der Waals surface area contributed by atoms with Crippen LogP contribution in [0.25, 0.3) is 0 Å². The number of nitrogens with zero attached hydrogens (tertiary/aromatic N) is 1. The highest BCUT2D eigenvalue weighted by atomic mass is 35.5. The van der Waals surface area contributed by atoms with Gasteiger partial charge in [0.25, 0.3) is 0 Å². The SMILES string of the molecule is CCOC(=O)C[C@@H](c1cccc(Cl)c1)n1cccc1C=O. The first kappa shape index (κ1) is 15.3. The van der Waals surface area contributed by atoms with E-state index in [0.29, 0.717) is 17.3 Å². The molecule has 2 aromatic rings. The molecule has 0 aliphatic heterocycles. The van der Waals surface area contributed by atoms with Crippen LogP contribution in [0.15, 0.2) is 42.6 Å². The number of rotatable bonds is 6. The minimum atomic E-state index is -0.321. The van der Waals surface area contributed by atoms with Gasteiger partial charge in [-0.25, -0.2) is 0 Å². The van der Waals surface area contributed by atoms with Gasteiger partial charge in [-0.15, -0.1) is 0 Å². The molecule has 110 valence electrons. The van der Waals surface area contributed by atoms with Crippen molar-refractivity contribution < 1.29 is 14.3 Å². The number of halogens is 1. The number of hydrogen-bond acceptors (Lipinski definition) is 3. The van der Waals surface area contributed by atoms with Crippen LogP contribution in [0.1, 0.15) is 35.4 Å². The molecule has 1 atom stereocenters. The molecule has 0 saturated heterocycles. The van der Waals surface area contributed by atoms with Crippen LogP contribution in [0.2, 0.25) is 5.02 Å². The molecule has 0 fully saturated rings. The molecule has 2 rings (SSSR count). The molecule has 4 nitrogen and oxygen atoms in total. The lowest BCUT2D eigenvalue weighted by atomic mass is 10.0. The first-order valence-corrected chi connectivity index (χ1v) is 7.06. The fourth-order valence-electron chi connectivity index (χ4n) is 2.26. The quantitative estimate of drug-likeness (QED) is 0.606. The van der Waals surface area contributed by atoms with E-state index in [0.717, 1.165) is 11.8 Å². The summed E-state index contributed by atoms with van der Waals surface area (Å²) in [6, 6.07) is 10.4. The Kier molecular flexibility index (Phi) is 5.17. The molecule has 0 unspecified atom stereocenters. The predicted octanol–water partition coefficient (Wildman–Crippen LogP) is 3.50. The van der Waals surface area contributed by atoms with Crippen LogP contribution in [0.5, 0.6) is 0 Å². The summed E-state index contributed by atoms with van der Waals surface area (Å²) in [6.07, 6.45) is 2.68. The Balaban J connectivity index is 2.39. The van der Waals surface area contributed by atoms with E-state index in [2.05, 4.69) is 0 Å². The lowest BCUT2D eigenvalue weighted by Crippen LogP contribution is -2.18. The first-order chi connectivity index (χ1) is 10.2. The van der Waals surface area contributed by atoms with Crippen LogP contribution >= 0.6 is 11.6 Å². The highest BCUT2D eigenvalue weighted by Gasteiger charge is 2.20. The van der Waals surface area contributed by atoms with E-state index >= 15 is 0 Å². The maximum absolute atomic E-state index is 11.8. The van der Waals surface area contributed by atoms with Gasteiger partial charge in [-0.2, -0.15) is 0 Å². The number of carbonyl (C=O) groups is 2. The second-order valence-corrected chi connectivity index (χ2v) is 4.97. The Morgan fingerprint density at radius 1 is 1.38 bits per heavy atom. The molecule has 1 aromatic heterocycles. The molecule has 21 heavy (non-hydrogen) atoms. The van der Waals surface area contributed by atoms with E-state index in [1.54, 1.807) is 42.0 Å². The molecule has 0 aliphatic rings. The molecule has 0 saturated carbocycles. The highest BCUT2D eigenvalue weighted by molar-refractivity contribution is 6.30. The van der Waals surface area contributed by atoms with Crippen molar-refractivity contribution in [3.8, 4) is 0 Å². The number of benzene rings is 1. The predicted molar refractivity (Wildman–Crippen MR) is 80.7 cm³/mol. The monoisotopic (exact) mass is 305 g/mol. The number of ether oxygens (including phenoxy) is 1. The van der Waals surface area contributed by atoms with E-state index in [9.17, 15) is 9.59 Å². The fraction of sp³-hybridized carbons (Fsp3) is 0.250. The zero-order valence-electron chi connectivity index (χ0n) is 11.7. The molecule has 0 aliphatic carbocycles. The van der Waals surface area contributed by atoms with Gasteiger partial charge in [0.1, 0.15) is 0 Å². The molecule has 1 heterocycles. The van der Waals surface area contributed by atoms with Gasteiger partial charge in [0.05, 0.1) is 24.8 Å². The summed E-state index contributed by atoms with van der Waals surface area (Å²) < 4.78 is 6.78. The number of aromatic nitrogens is 1. The number of carbonyl (C=O) groups excluding carboxylic acids is 2. The summed E-state index contributed by atoms with van der Waals surface area (Å²) in [4.78, 5) is 23.0. The number of hydrogen-bond donors (Lipinski definition) is 0. The summed E-state index contributed by atoms with van der Waals surface area (Å²) in [5.41, 5.74) is 1.36. The first-order valence-electron chi connectivity index (χ1n) is 6.68. The van der Waals surface area contributed by atoms with Crippen LogP contribution in [-0.4, -0.2) is 23.4 Å². The normalized spacial score (nSPS) is 11.9. The lowest BCUT2D eigenvalue weighted by Gasteiger charge is -2.20. The summed E-state index contributed by atoms with van der Waals surface area (Å²) in [5.74, 6) is -0.312. The van der Waals surface area contributed by atoms with Crippen molar-refractivity contribution in [2.75, 3.05) is 6.61 Å². The summed E-state index contributed by atoms with van der Waals surface area (Å²) in [7, 11) is 0. The molecule has 0 spiro atoms. The van der Waals surface area contributed by atoms with Gasteiger partial charge in [-0.05, 0) is 36.8 Å². The van der Waals surface area contributed by atoms with Crippen LogP contribution in [-0.2, 0) is 9.53 Å². The maximum atomic E-state index is 11.8. The Labute approximate surface area is 128 Å². The third kappa shape index (κ3) is 3.73. The summed E-state index contributed by atoms with van der Waals surface area (Å²) >= 11 is 6.03. The van der Waals surface area contributed by atoms with Gasteiger partial charge < -0.3 is 9.30 Å². The van der Waals surface area contributed by atoms with Crippen LogP contribution in [0.3, 0.4) is 0 Å². The van der Waals surface area contributed by atoms with E-state index in [1.165, 1.54) is 0 Å². The Morgan fingerprint density at radius 3 is 2.86 bits per heavy atom. The van der Waals surface area contributed by atoms with Crippen molar-refractivity contribution in [3.63, 3.8) is 0 Å². The standard InChI is InChI=1S/C16H16ClNO3/c1-2-21-16(20)10-15(12-5-3-6-13(17)9-12)18-8-4-7-14(18)11-19/h3-9,11,15H,2,10H2,1H3/t15-/m0/s1. The minimum Gasteiger partial charge on any atom is -0.466 e. The Morgan fingerprint density at radius 2 is 2.19 bits per heavy atom. The smallest absolute Gasteiger partial charge is 0.308 e. The molecule has 0 bridgehead atoms. The number of aldehydes is 1. The molecule has 0 N–H and O–H groups in total. The van der Waals surface area contributed by atoms with Crippen molar-refractivity contribution in [1.29, 1.82) is 0 Å². The van der Waals surface area contributed by atoms with Crippen molar-refractivity contribution in [3.05, 3.63) is 58.9 Å². The average molecular weight is 306 g/mol. The third-order valence-corrected chi connectivity index (χ3v) is 3.40. The molecule has 0 amide bonds. The van der Waals surface area contributed by atoms with E-state index < -0.39 is 0 Å². The largest absolute Gasteiger partial charge is 0.466 e. The highest BCUT2D eigenvalue weighted by Crippen LogP contribution is 2.26.